The summed E-state index contributed by atoms with van der Waals surface area (Å²) in [6, 6.07) is 0. The molecule has 0 aromatic rings. The first-order chi connectivity index (χ1) is 19.0. The molecule has 6 aliphatic carbocycles. The van der Waals surface area contributed by atoms with Crippen LogP contribution < -0.4 is 0 Å². The predicted molar refractivity (Wildman–Crippen MR) is 237 cm³/mol. The van der Waals surface area contributed by atoms with Crippen LogP contribution in [0.25, 0.3) is 0 Å². The minimum Gasteiger partial charge on any atom is -0.0776 e. The van der Waals surface area contributed by atoms with Crippen molar-refractivity contribution in [1.82, 2.24) is 0 Å². The molecule has 0 aromatic heterocycles. The van der Waals surface area contributed by atoms with Crippen molar-refractivity contribution in [3.63, 3.8) is 0 Å². The van der Waals surface area contributed by atoms with Crippen molar-refractivity contribution in [2.45, 2.75) is 303 Å². The molecule has 6 rings (SSSR count). The van der Waals surface area contributed by atoms with Gasteiger partial charge >= 0.3 is 0 Å². The summed E-state index contributed by atoms with van der Waals surface area (Å²) in [7, 11) is 0. The maximum atomic E-state index is 2.00. The Bertz CT molecular complexity index is 110. The highest BCUT2D eigenvalue weighted by molar-refractivity contribution is 4.52. The summed E-state index contributed by atoms with van der Waals surface area (Å²) in [4.78, 5) is 0. The Kier molecular flexibility index (Phi) is 285. The Morgan fingerprint density at radius 1 is 0.111 bits per heavy atom. The summed E-state index contributed by atoms with van der Waals surface area (Å²) in [6.45, 7) is 28.0. The minimum absolute atomic E-state index is 0. The quantitative estimate of drug-likeness (QED) is 0.243. The first kappa shape index (κ1) is 90.7. The van der Waals surface area contributed by atoms with Gasteiger partial charge in [0.15, 0.2) is 0 Å². The van der Waals surface area contributed by atoms with Crippen molar-refractivity contribution in [3.05, 3.63) is 0 Å². The van der Waals surface area contributed by atoms with E-state index in [-0.39, 0.29) is 52.0 Å². The van der Waals surface area contributed by atoms with E-state index < -0.39 is 0 Å². The summed E-state index contributed by atoms with van der Waals surface area (Å²) in [6.07, 6.45) is 36.0. The molecule has 0 amide bonds. The van der Waals surface area contributed by atoms with Crippen LogP contribution in [0.3, 0.4) is 0 Å². The molecule has 0 nitrogen and oxygen atoms in total. The molecule has 0 unspecified atom stereocenters. The van der Waals surface area contributed by atoms with Gasteiger partial charge in [-0.3, -0.25) is 0 Å². The maximum absolute atomic E-state index is 2.00. The largest absolute Gasteiger partial charge is 0.0776 e. The normalized spacial score (nSPS) is 13.7. The molecule has 0 bridgehead atoms. The first-order valence-corrected chi connectivity index (χ1v) is 19.0. The standard InChI is InChI=1S/6C4H8.7C2H6.7CH4/c6*1-2-4-3-1;7*1-2;;;;;;;/h6*1-4H2;7*1-2H3;7*1H4. The Labute approximate surface area is 302 Å². The van der Waals surface area contributed by atoms with Gasteiger partial charge in [0.05, 0.1) is 0 Å². The van der Waals surface area contributed by atoms with E-state index in [0.717, 1.165) is 0 Å². The lowest BCUT2D eigenvalue weighted by Crippen LogP contribution is -1.85. The Hall–Kier alpha value is 0. The van der Waals surface area contributed by atoms with Gasteiger partial charge in [0.1, 0.15) is 0 Å². The smallest absolute Gasteiger partial charge is 0.0533 e. The summed E-state index contributed by atoms with van der Waals surface area (Å²) in [5.41, 5.74) is 0. The highest BCUT2D eigenvalue weighted by Crippen LogP contribution is 2.17. The fourth-order valence-electron chi connectivity index (χ4n) is 1.50. The molecule has 0 aromatic carbocycles. The second-order valence-corrected chi connectivity index (χ2v) is 8.49. The van der Waals surface area contributed by atoms with E-state index in [9.17, 15) is 0 Å². The first-order valence-electron chi connectivity index (χ1n) is 19.0. The number of hydrogen-bond acceptors (Lipinski definition) is 0. The van der Waals surface area contributed by atoms with Gasteiger partial charge in [0, 0.05) is 0 Å². The molecule has 6 fully saturated rings. The predicted octanol–water partition coefficient (Wildman–Crippen LogP) is 21.0. The third kappa shape index (κ3) is 135. The maximum Gasteiger partial charge on any atom is -0.0533 e. The molecule has 298 valence electrons. The monoisotopic (exact) mass is 659 g/mol. The van der Waals surface area contributed by atoms with Crippen LogP contribution in [0.4, 0.5) is 0 Å². The van der Waals surface area contributed by atoms with E-state index in [4.69, 9.17) is 0 Å². The fourth-order valence-corrected chi connectivity index (χ4v) is 1.50. The molecule has 6 saturated carbocycles. The van der Waals surface area contributed by atoms with E-state index in [1.165, 1.54) is 154 Å². The van der Waals surface area contributed by atoms with Crippen LogP contribution in [0.1, 0.15) is 303 Å². The zero-order valence-electron chi connectivity index (χ0n) is 31.0. The zero-order valence-corrected chi connectivity index (χ0v) is 31.0. The van der Waals surface area contributed by atoms with Crippen molar-refractivity contribution in [2.24, 2.45) is 0 Å². The summed E-state index contributed by atoms with van der Waals surface area (Å²) >= 11 is 0. The van der Waals surface area contributed by atoms with E-state index >= 15 is 0 Å². The minimum atomic E-state index is 0. The van der Waals surface area contributed by atoms with Crippen LogP contribution in [-0.4, -0.2) is 0 Å². The molecule has 45 heavy (non-hydrogen) atoms. The van der Waals surface area contributed by atoms with Gasteiger partial charge in [-0.2, -0.15) is 0 Å². The van der Waals surface area contributed by atoms with Crippen LogP contribution in [-0.2, 0) is 0 Å². The fraction of sp³-hybridized carbons (Fsp3) is 1.00. The van der Waals surface area contributed by atoms with E-state index in [1.807, 2.05) is 96.9 Å². The topological polar surface area (TPSA) is 0 Å². The second-order valence-electron chi connectivity index (χ2n) is 8.49. The molecule has 0 heteroatoms. The molecular weight excluding hydrogens is 540 g/mol. The summed E-state index contributed by atoms with van der Waals surface area (Å²) in [5.74, 6) is 0. The molecule has 0 radical (unpaired) electrons. The van der Waals surface area contributed by atoms with E-state index in [0.29, 0.717) is 0 Å². The highest BCUT2D eigenvalue weighted by atomic mass is 14.0. The van der Waals surface area contributed by atoms with E-state index in [2.05, 4.69) is 0 Å². The lowest BCUT2D eigenvalue weighted by Gasteiger charge is -2.05. The van der Waals surface area contributed by atoms with Crippen LogP contribution in [0.5, 0.6) is 0 Å². The summed E-state index contributed by atoms with van der Waals surface area (Å²) < 4.78 is 0. The van der Waals surface area contributed by atoms with Gasteiger partial charge in [0.2, 0.25) is 0 Å². The third-order valence-electron chi connectivity index (χ3n) is 6.00. The van der Waals surface area contributed by atoms with E-state index in [1.54, 1.807) is 0 Å². The molecule has 0 aliphatic heterocycles. The van der Waals surface area contributed by atoms with Gasteiger partial charge < -0.3 is 0 Å². The zero-order chi connectivity index (χ0) is 31.0. The average molecular weight is 659 g/mol. The number of rotatable bonds is 0. The Balaban J connectivity index is -0.0000000193. The highest BCUT2D eigenvalue weighted by Gasteiger charge is 1.97. The van der Waals surface area contributed by atoms with Gasteiger partial charge in [-0.15, -0.1) is 0 Å². The van der Waals surface area contributed by atoms with Crippen LogP contribution >= 0.6 is 0 Å². The van der Waals surface area contributed by atoms with Crippen molar-refractivity contribution >= 4 is 0 Å². The molecule has 0 atom stereocenters. The Morgan fingerprint density at radius 2 is 0.133 bits per heavy atom. The van der Waals surface area contributed by atoms with Crippen molar-refractivity contribution < 1.29 is 0 Å². The van der Waals surface area contributed by atoms with Crippen LogP contribution in [0.2, 0.25) is 0 Å². The lowest BCUT2D eigenvalue weighted by molar-refractivity contribution is 0.504. The van der Waals surface area contributed by atoms with Crippen LogP contribution in [0, 0.1) is 0 Å². The second kappa shape index (κ2) is 141. The van der Waals surface area contributed by atoms with Crippen molar-refractivity contribution in [1.29, 1.82) is 0 Å². The van der Waals surface area contributed by atoms with Gasteiger partial charge in [-0.05, 0) is 0 Å². The Morgan fingerprint density at radius 3 is 0.133 bits per heavy atom. The molecule has 0 heterocycles. The molecular formula is C45H118. The van der Waals surface area contributed by atoms with Gasteiger partial charge in [-0.1, -0.05) is 303 Å². The SMILES string of the molecule is C.C.C.C.C.C.C.C1CCC1.C1CCC1.C1CCC1.C1CCC1.C1CCC1.C1CCC1.CC.CC.CC.CC.CC.CC.CC. The number of hydrogen-bond donors (Lipinski definition) is 0. The van der Waals surface area contributed by atoms with Crippen molar-refractivity contribution in [3.8, 4) is 0 Å². The van der Waals surface area contributed by atoms with Crippen molar-refractivity contribution in [2.75, 3.05) is 0 Å². The van der Waals surface area contributed by atoms with Crippen LogP contribution in [0.15, 0.2) is 0 Å². The van der Waals surface area contributed by atoms with Gasteiger partial charge in [0.25, 0.3) is 0 Å². The average Bonchev–Trinajstić information content (AvgIpc) is 2.76. The molecule has 0 N–H and O–H groups in total. The molecule has 0 spiro atoms. The lowest BCUT2D eigenvalue weighted by atomic mass is 10.0. The third-order valence-corrected chi connectivity index (χ3v) is 6.00. The van der Waals surface area contributed by atoms with Gasteiger partial charge in [-0.25, -0.2) is 0 Å². The molecule has 0 saturated heterocycles. The molecule has 6 aliphatic rings. The summed E-state index contributed by atoms with van der Waals surface area (Å²) in [5, 5.41) is 0.